The average molecular weight is 385 g/mol. The number of aryl methyl sites for hydroxylation is 2. The normalized spacial score (nSPS) is 10.5. The van der Waals surface area contributed by atoms with Gasteiger partial charge >= 0.3 is 0 Å². The van der Waals surface area contributed by atoms with Gasteiger partial charge in [0.1, 0.15) is 12.4 Å². The molecule has 1 aromatic carbocycles. The number of halogens is 2. The molecule has 0 aliphatic heterocycles. The van der Waals surface area contributed by atoms with Crippen LogP contribution in [-0.2, 0) is 11.9 Å². The molecule has 19 heavy (non-hydrogen) atoms. The van der Waals surface area contributed by atoms with Crippen molar-refractivity contribution in [2.45, 2.75) is 25.8 Å². The minimum absolute atomic E-state index is 0.490. The first-order valence-electron chi connectivity index (χ1n) is 6.00. The van der Waals surface area contributed by atoms with E-state index in [4.69, 9.17) is 4.74 Å². The fraction of sp³-hybridized carbons (Fsp3) is 0.267. The van der Waals surface area contributed by atoms with Crippen LogP contribution >= 0.6 is 31.9 Å². The van der Waals surface area contributed by atoms with Gasteiger partial charge in [0.25, 0.3) is 0 Å². The molecule has 0 spiro atoms. The summed E-state index contributed by atoms with van der Waals surface area (Å²) in [5.74, 6) is 0.934. The highest BCUT2D eigenvalue weighted by Gasteiger charge is 2.09. The lowest BCUT2D eigenvalue weighted by Gasteiger charge is -2.13. The molecule has 4 heteroatoms. The summed E-state index contributed by atoms with van der Waals surface area (Å²) in [5, 5.41) is 0.768. The smallest absolute Gasteiger partial charge is 0.130 e. The van der Waals surface area contributed by atoms with Gasteiger partial charge in [0, 0.05) is 21.1 Å². The Morgan fingerprint density at radius 3 is 2.68 bits per heavy atom. The number of hydrogen-bond acceptors (Lipinski definition) is 2. The van der Waals surface area contributed by atoms with E-state index in [0.29, 0.717) is 6.61 Å². The number of benzene rings is 1. The van der Waals surface area contributed by atoms with E-state index in [1.807, 2.05) is 25.1 Å². The molecule has 0 atom stereocenters. The molecule has 0 bridgehead atoms. The topological polar surface area (TPSA) is 22.1 Å². The van der Waals surface area contributed by atoms with Crippen molar-refractivity contribution in [3.05, 3.63) is 57.3 Å². The predicted octanol–water partition coefficient (Wildman–Crippen LogP) is 4.93. The number of nitrogens with zero attached hydrogens (tertiary/aromatic N) is 1. The van der Waals surface area contributed by atoms with Gasteiger partial charge in [0.2, 0.25) is 0 Å². The average Bonchev–Trinajstić information content (AvgIpc) is 2.37. The van der Waals surface area contributed by atoms with Crippen molar-refractivity contribution in [3.63, 3.8) is 0 Å². The van der Waals surface area contributed by atoms with Gasteiger partial charge in [-0.3, -0.25) is 4.98 Å². The van der Waals surface area contributed by atoms with Crippen LogP contribution in [0, 0.1) is 13.8 Å². The summed E-state index contributed by atoms with van der Waals surface area (Å²) in [4.78, 5) is 4.44. The lowest BCUT2D eigenvalue weighted by molar-refractivity contribution is 0.297. The largest absolute Gasteiger partial charge is 0.487 e. The van der Waals surface area contributed by atoms with E-state index in [1.54, 1.807) is 0 Å². The van der Waals surface area contributed by atoms with Crippen molar-refractivity contribution >= 4 is 31.9 Å². The molecule has 0 unspecified atom stereocenters. The highest BCUT2D eigenvalue weighted by molar-refractivity contribution is 9.10. The molecule has 0 saturated heterocycles. The maximum atomic E-state index is 5.94. The first-order valence-corrected chi connectivity index (χ1v) is 7.92. The van der Waals surface area contributed by atoms with Gasteiger partial charge in [-0.05, 0) is 43.7 Å². The Bertz CT molecular complexity index is 584. The van der Waals surface area contributed by atoms with Crippen LogP contribution in [0.15, 0.2) is 34.8 Å². The van der Waals surface area contributed by atoms with E-state index in [2.05, 4.69) is 55.9 Å². The lowest BCUT2D eigenvalue weighted by Crippen LogP contribution is -2.02. The van der Waals surface area contributed by atoms with Crippen molar-refractivity contribution in [2.75, 3.05) is 0 Å². The van der Waals surface area contributed by atoms with Crippen molar-refractivity contribution < 1.29 is 4.74 Å². The van der Waals surface area contributed by atoms with Gasteiger partial charge in [-0.15, -0.1) is 0 Å². The maximum Gasteiger partial charge on any atom is 0.130 e. The second kappa shape index (κ2) is 6.53. The van der Waals surface area contributed by atoms with Gasteiger partial charge < -0.3 is 4.74 Å². The number of alkyl halides is 1. The number of ether oxygens (including phenoxy) is 1. The van der Waals surface area contributed by atoms with Crippen LogP contribution in [0.5, 0.6) is 5.75 Å². The lowest BCUT2D eigenvalue weighted by atomic mass is 10.1. The molecule has 0 amide bonds. The third kappa shape index (κ3) is 3.80. The molecule has 0 N–H and O–H groups in total. The fourth-order valence-electron chi connectivity index (χ4n) is 1.93. The van der Waals surface area contributed by atoms with Gasteiger partial charge in [-0.2, -0.15) is 0 Å². The molecule has 1 heterocycles. The summed E-state index contributed by atoms with van der Waals surface area (Å²) >= 11 is 7.00. The Morgan fingerprint density at radius 1 is 1.21 bits per heavy atom. The molecule has 0 aliphatic rings. The van der Waals surface area contributed by atoms with Crippen LogP contribution in [0.4, 0.5) is 0 Å². The summed E-state index contributed by atoms with van der Waals surface area (Å²) in [6.45, 7) is 4.53. The highest BCUT2D eigenvalue weighted by Crippen LogP contribution is 2.30. The second-order valence-electron chi connectivity index (χ2n) is 4.40. The summed E-state index contributed by atoms with van der Waals surface area (Å²) in [6, 6.07) is 10.1. The van der Waals surface area contributed by atoms with E-state index in [1.165, 1.54) is 0 Å². The Labute approximate surface area is 130 Å². The Hall–Kier alpha value is -0.870. The molecule has 0 aliphatic carbocycles. The fourth-order valence-corrected chi connectivity index (χ4v) is 2.97. The Balaban J connectivity index is 2.19. The summed E-state index contributed by atoms with van der Waals surface area (Å²) in [6.07, 6.45) is 0. The third-order valence-electron chi connectivity index (χ3n) is 2.77. The summed E-state index contributed by atoms with van der Waals surface area (Å²) < 4.78 is 7.01. The number of rotatable bonds is 4. The minimum atomic E-state index is 0.490. The molecule has 1 aromatic heterocycles. The van der Waals surface area contributed by atoms with Gasteiger partial charge in [0.15, 0.2) is 0 Å². The van der Waals surface area contributed by atoms with Gasteiger partial charge in [-0.25, -0.2) is 0 Å². The first kappa shape index (κ1) is 14.5. The van der Waals surface area contributed by atoms with Crippen molar-refractivity contribution in [1.29, 1.82) is 0 Å². The number of pyridine rings is 1. The van der Waals surface area contributed by atoms with Crippen LogP contribution in [0.1, 0.15) is 22.5 Å². The molecule has 100 valence electrons. The second-order valence-corrected chi connectivity index (χ2v) is 5.88. The zero-order valence-electron chi connectivity index (χ0n) is 10.9. The van der Waals surface area contributed by atoms with Gasteiger partial charge in [0.05, 0.1) is 5.69 Å². The standard InChI is InChI=1S/C15H15Br2NO/c1-10-6-13(17)7-12(8-16)15(10)19-9-14-5-3-4-11(2)18-14/h3-7H,8-9H2,1-2H3. The molecule has 0 radical (unpaired) electrons. The van der Waals surface area contributed by atoms with Crippen LogP contribution < -0.4 is 4.74 Å². The molecular formula is C15H15Br2NO. The predicted molar refractivity (Wildman–Crippen MR) is 84.8 cm³/mol. The third-order valence-corrected chi connectivity index (χ3v) is 3.83. The zero-order chi connectivity index (χ0) is 13.8. The first-order chi connectivity index (χ1) is 9.10. The monoisotopic (exact) mass is 383 g/mol. The minimum Gasteiger partial charge on any atom is -0.487 e. The molecule has 2 rings (SSSR count). The molecular weight excluding hydrogens is 370 g/mol. The number of hydrogen-bond donors (Lipinski definition) is 0. The van der Waals surface area contributed by atoms with Crippen LogP contribution in [0.25, 0.3) is 0 Å². The van der Waals surface area contributed by atoms with Crippen LogP contribution in [-0.4, -0.2) is 4.98 Å². The van der Waals surface area contributed by atoms with Crippen molar-refractivity contribution in [2.24, 2.45) is 0 Å². The van der Waals surface area contributed by atoms with Crippen molar-refractivity contribution in [3.8, 4) is 5.75 Å². The van der Waals surface area contributed by atoms with Gasteiger partial charge in [-0.1, -0.05) is 37.9 Å². The van der Waals surface area contributed by atoms with Crippen LogP contribution in [0.3, 0.4) is 0 Å². The number of aromatic nitrogens is 1. The van der Waals surface area contributed by atoms with E-state index in [0.717, 1.165) is 38.1 Å². The summed E-state index contributed by atoms with van der Waals surface area (Å²) in [7, 11) is 0. The van der Waals surface area contributed by atoms with Crippen molar-refractivity contribution in [1.82, 2.24) is 4.98 Å². The zero-order valence-corrected chi connectivity index (χ0v) is 14.1. The highest BCUT2D eigenvalue weighted by atomic mass is 79.9. The Morgan fingerprint density at radius 2 is 2.00 bits per heavy atom. The SMILES string of the molecule is Cc1cccc(COc2c(C)cc(Br)cc2CBr)n1. The molecule has 2 aromatic rings. The van der Waals surface area contributed by atoms with E-state index in [9.17, 15) is 0 Å². The summed E-state index contributed by atoms with van der Waals surface area (Å²) in [5.41, 5.74) is 4.22. The molecule has 0 fully saturated rings. The maximum absolute atomic E-state index is 5.94. The van der Waals surface area contributed by atoms with E-state index >= 15 is 0 Å². The van der Waals surface area contributed by atoms with Crippen LogP contribution in [0.2, 0.25) is 0 Å². The molecule has 0 saturated carbocycles. The van der Waals surface area contributed by atoms with E-state index in [-0.39, 0.29) is 0 Å². The molecule has 2 nitrogen and oxygen atoms in total. The van der Waals surface area contributed by atoms with E-state index < -0.39 is 0 Å². The Kier molecular flexibility index (Phi) is 4.99. The quantitative estimate of drug-likeness (QED) is 0.697.